The second-order valence-corrected chi connectivity index (χ2v) is 4.82. The van der Waals surface area contributed by atoms with Gasteiger partial charge in [0.15, 0.2) is 0 Å². The monoisotopic (exact) mass is 253 g/mol. The van der Waals surface area contributed by atoms with Crippen LogP contribution in [0.3, 0.4) is 0 Å². The lowest BCUT2D eigenvalue weighted by molar-refractivity contribution is 0.0456. The molecule has 92 valence electrons. The molecular formula is C13H16FNOS. The SMILES string of the molecule is NC(=S)c1cc(F)ccc1COC1CCCC1. The van der Waals surface area contributed by atoms with Crippen LogP contribution in [0, 0.1) is 5.82 Å². The third-order valence-electron chi connectivity index (χ3n) is 3.11. The van der Waals surface area contributed by atoms with E-state index in [1.165, 1.54) is 25.0 Å². The summed E-state index contributed by atoms with van der Waals surface area (Å²) in [5.41, 5.74) is 7.02. The van der Waals surface area contributed by atoms with Gasteiger partial charge in [0.25, 0.3) is 0 Å². The lowest BCUT2D eigenvalue weighted by Gasteiger charge is -2.13. The van der Waals surface area contributed by atoms with Crippen LogP contribution in [-0.2, 0) is 11.3 Å². The van der Waals surface area contributed by atoms with E-state index in [9.17, 15) is 4.39 Å². The van der Waals surface area contributed by atoms with E-state index in [1.807, 2.05) is 0 Å². The van der Waals surface area contributed by atoms with Crippen LogP contribution in [-0.4, -0.2) is 11.1 Å². The molecule has 2 N–H and O–H groups in total. The highest BCUT2D eigenvalue weighted by Gasteiger charge is 2.16. The highest BCUT2D eigenvalue weighted by atomic mass is 32.1. The molecule has 0 atom stereocenters. The molecule has 2 nitrogen and oxygen atoms in total. The standard InChI is InChI=1S/C13H16FNOS/c14-10-6-5-9(12(7-10)13(15)17)8-16-11-3-1-2-4-11/h5-7,11H,1-4,8H2,(H2,15,17). The van der Waals surface area contributed by atoms with Gasteiger partial charge < -0.3 is 10.5 Å². The summed E-state index contributed by atoms with van der Waals surface area (Å²) in [4.78, 5) is 0.217. The molecule has 1 saturated carbocycles. The number of rotatable bonds is 4. The van der Waals surface area contributed by atoms with Gasteiger partial charge in [0, 0.05) is 5.56 Å². The van der Waals surface area contributed by atoms with Gasteiger partial charge in [-0.2, -0.15) is 0 Å². The molecule has 0 heterocycles. The topological polar surface area (TPSA) is 35.2 Å². The van der Waals surface area contributed by atoms with Crippen molar-refractivity contribution in [3.63, 3.8) is 0 Å². The first-order valence-electron chi connectivity index (χ1n) is 5.86. The van der Waals surface area contributed by atoms with E-state index in [1.54, 1.807) is 6.07 Å². The maximum Gasteiger partial charge on any atom is 0.123 e. The molecule has 0 aromatic heterocycles. The van der Waals surface area contributed by atoms with Crippen LogP contribution < -0.4 is 5.73 Å². The van der Waals surface area contributed by atoms with Crippen molar-refractivity contribution in [1.29, 1.82) is 0 Å². The largest absolute Gasteiger partial charge is 0.389 e. The molecule has 0 aliphatic heterocycles. The smallest absolute Gasteiger partial charge is 0.123 e. The molecule has 0 amide bonds. The number of nitrogens with two attached hydrogens (primary N) is 1. The van der Waals surface area contributed by atoms with E-state index in [0.717, 1.165) is 18.4 Å². The lowest BCUT2D eigenvalue weighted by atomic mass is 10.1. The molecular weight excluding hydrogens is 237 g/mol. The second-order valence-electron chi connectivity index (χ2n) is 4.38. The lowest BCUT2D eigenvalue weighted by Crippen LogP contribution is -2.15. The Morgan fingerprint density at radius 1 is 1.41 bits per heavy atom. The van der Waals surface area contributed by atoms with Crippen LogP contribution >= 0.6 is 12.2 Å². The minimum atomic E-state index is -0.322. The molecule has 17 heavy (non-hydrogen) atoms. The van der Waals surface area contributed by atoms with Gasteiger partial charge in [-0.15, -0.1) is 0 Å². The van der Waals surface area contributed by atoms with Crippen molar-refractivity contribution >= 4 is 17.2 Å². The molecule has 0 radical (unpaired) electrons. The Morgan fingerprint density at radius 2 is 2.12 bits per heavy atom. The van der Waals surface area contributed by atoms with Gasteiger partial charge in [0.1, 0.15) is 10.8 Å². The maximum absolute atomic E-state index is 13.1. The average molecular weight is 253 g/mol. The normalized spacial score (nSPS) is 16.3. The molecule has 2 rings (SSSR count). The predicted molar refractivity (Wildman–Crippen MR) is 69.3 cm³/mol. The average Bonchev–Trinajstić information content (AvgIpc) is 2.80. The van der Waals surface area contributed by atoms with Gasteiger partial charge in [-0.1, -0.05) is 31.1 Å². The van der Waals surface area contributed by atoms with Gasteiger partial charge in [-0.3, -0.25) is 0 Å². The van der Waals surface area contributed by atoms with Crippen molar-refractivity contribution in [2.75, 3.05) is 0 Å². The first-order valence-corrected chi connectivity index (χ1v) is 6.27. The summed E-state index contributed by atoms with van der Waals surface area (Å²) >= 11 is 4.91. The minimum Gasteiger partial charge on any atom is -0.389 e. The minimum absolute atomic E-state index is 0.217. The Balaban J connectivity index is 2.06. The zero-order chi connectivity index (χ0) is 12.3. The summed E-state index contributed by atoms with van der Waals surface area (Å²) in [6, 6.07) is 4.48. The van der Waals surface area contributed by atoms with Crippen LogP contribution in [0.2, 0.25) is 0 Å². The third kappa shape index (κ3) is 3.23. The van der Waals surface area contributed by atoms with Crippen molar-refractivity contribution < 1.29 is 9.13 Å². The molecule has 1 aromatic carbocycles. The van der Waals surface area contributed by atoms with E-state index in [2.05, 4.69) is 0 Å². The molecule has 4 heteroatoms. The van der Waals surface area contributed by atoms with Gasteiger partial charge >= 0.3 is 0 Å². The van der Waals surface area contributed by atoms with Gasteiger partial charge in [0.05, 0.1) is 12.7 Å². The fourth-order valence-corrected chi connectivity index (χ4v) is 2.36. The Bertz CT molecular complexity index is 416. The van der Waals surface area contributed by atoms with Crippen LogP contribution in [0.5, 0.6) is 0 Å². The highest BCUT2D eigenvalue weighted by molar-refractivity contribution is 7.80. The second kappa shape index (κ2) is 5.56. The number of hydrogen-bond acceptors (Lipinski definition) is 2. The fraction of sp³-hybridized carbons (Fsp3) is 0.462. The first kappa shape index (κ1) is 12.5. The molecule has 0 unspecified atom stereocenters. The summed E-state index contributed by atoms with van der Waals surface area (Å²) in [6.07, 6.45) is 5.03. The Morgan fingerprint density at radius 3 is 2.76 bits per heavy atom. The highest BCUT2D eigenvalue weighted by Crippen LogP contribution is 2.23. The van der Waals surface area contributed by atoms with Crippen LogP contribution in [0.15, 0.2) is 18.2 Å². The van der Waals surface area contributed by atoms with E-state index in [4.69, 9.17) is 22.7 Å². The summed E-state index contributed by atoms with van der Waals surface area (Å²) in [7, 11) is 0. The number of benzene rings is 1. The van der Waals surface area contributed by atoms with E-state index < -0.39 is 0 Å². The maximum atomic E-state index is 13.1. The van der Waals surface area contributed by atoms with Crippen LogP contribution in [0.4, 0.5) is 4.39 Å². The number of ether oxygens (including phenoxy) is 1. The molecule has 0 spiro atoms. The van der Waals surface area contributed by atoms with Crippen molar-refractivity contribution in [3.8, 4) is 0 Å². The zero-order valence-electron chi connectivity index (χ0n) is 9.62. The Labute approximate surface area is 106 Å². The fourth-order valence-electron chi connectivity index (χ4n) is 2.17. The van der Waals surface area contributed by atoms with Crippen molar-refractivity contribution in [2.45, 2.75) is 38.4 Å². The Kier molecular flexibility index (Phi) is 4.07. The van der Waals surface area contributed by atoms with E-state index >= 15 is 0 Å². The summed E-state index contributed by atoms with van der Waals surface area (Å²) in [6.45, 7) is 0.456. The van der Waals surface area contributed by atoms with Crippen molar-refractivity contribution in [1.82, 2.24) is 0 Å². The first-order chi connectivity index (χ1) is 8.16. The molecule has 1 aliphatic carbocycles. The predicted octanol–water partition coefficient (Wildman–Crippen LogP) is 2.92. The quantitative estimate of drug-likeness (QED) is 0.838. The van der Waals surface area contributed by atoms with Gasteiger partial charge in [0.2, 0.25) is 0 Å². The van der Waals surface area contributed by atoms with Crippen LogP contribution in [0.1, 0.15) is 36.8 Å². The summed E-state index contributed by atoms with van der Waals surface area (Å²) in [5.74, 6) is -0.322. The molecule has 1 aromatic rings. The third-order valence-corrected chi connectivity index (χ3v) is 3.33. The van der Waals surface area contributed by atoms with E-state index in [0.29, 0.717) is 18.3 Å². The number of halogens is 1. The molecule has 1 aliphatic rings. The van der Waals surface area contributed by atoms with Crippen molar-refractivity contribution in [2.24, 2.45) is 5.73 Å². The molecule has 0 saturated heterocycles. The summed E-state index contributed by atoms with van der Waals surface area (Å²) in [5, 5.41) is 0. The van der Waals surface area contributed by atoms with Crippen LogP contribution in [0.25, 0.3) is 0 Å². The number of hydrogen-bond donors (Lipinski definition) is 1. The zero-order valence-corrected chi connectivity index (χ0v) is 10.4. The van der Waals surface area contributed by atoms with E-state index in [-0.39, 0.29) is 10.8 Å². The number of thiocarbonyl (C=S) groups is 1. The summed E-state index contributed by atoms with van der Waals surface area (Å²) < 4.78 is 18.9. The Hall–Kier alpha value is -1.00. The van der Waals surface area contributed by atoms with Crippen molar-refractivity contribution in [3.05, 3.63) is 35.1 Å². The van der Waals surface area contributed by atoms with Gasteiger partial charge in [-0.25, -0.2) is 4.39 Å². The van der Waals surface area contributed by atoms with Gasteiger partial charge in [-0.05, 0) is 30.5 Å². The molecule has 0 bridgehead atoms. The molecule has 1 fully saturated rings.